The molecule has 2 heterocycles. The lowest BCUT2D eigenvalue weighted by Crippen LogP contribution is -2.32. The van der Waals surface area contributed by atoms with E-state index in [1.54, 1.807) is 12.1 Å². The number of hydrogen-bond donors (Lipinski definition) is 2. The molecule has 0 saturated carbocycles. The molecule has 0 aromatic carbocycles. The standard InChI is InChI=1S/C15H22N2O3/c1-10(2)13-8-11(6-7-20-13)9-16-14-5-3-4-12(17-14)15(18)19/h3-5,10-11,13H,6-9H2,1-2H3,(H,16,17)(H,18,19). The minimum absolute atomic E-state index is 0.0713. The third kappa shape index (κ3) is 3.93. The van der Waals surface area contributed by atoms with E-state index in [0.29, 0.717) is 23.8 Å². The van der Waals surface area contributed by atoms with Crippen molar-refractivity contribution in [2.75, 3.05) is 18.5 Å². The van der Waals surface area contributed by atoms with Gasteiger partial charge >= 0.3 is 5.97 Å². The molecule has 1 aromatic heterocycles. The Morgan fingerprint density at radius 3 is 3.05 bits per heavy atom. The molecule has 2 unspecified atom stereocenters. The van der Waals surface area contributed by atoms with Gasteiger partial charge < -0.3 is 15.2 Å². The Labute approximate surface area is 119 Å². The van der Waals surface area contributed by atoms with Gasteiger partial charge in [-0.1, -0.05) is 19.9 Å². The van der Waals surface area contributed by atoms with E-state index < -0.39 is 5.97 Å². The quantitative estimate of drug-likeness (QED) is 0.866. The van der Waals surface area contributed by atoms with Crippen molar-refractivity contribution in [1.29, 1.82) is 0 Å². The normalized spacial score (nSPS) is 22.8. The predicted octanol–water partition coefficient (Wildman–Crippen LogP) is 2.64. The van der Waals surface area contributed by atoms with Crippen LogP contribution in [0.25, 0.3) is 0 Å². The van der Waals surface area contributed by atoms with Gasteiger partial charge in [-0.2, -0.15) is 0 Å². The number of carboxylic acids is 1. The lowest BCUT2D eigenvalue weighted by molar-refractivity contribution is -0.0314. The molecule has 2 N–H and O–H groups in total. The molecule has 2 rings (SSSR count). The summed E-state index contributed by atoms with van der Waals surface area (Å²) in [6, 6.07) is 5.00. The lowest BCUT2D eigenvalue weighted by Gasteiger charge is -2.32. The number of hydrogen-bond acceptors (Lipinski definition) is 4. The van der Waals surface area contributed by atoms with Crippen LogP contribution in [-0.4, -0.2) is 35.3 Å². The molecule has 0 radical (unpaired) electrons. The van der Waals surface area contributed by atoms with E-state index in [0.717, 1.165) is 26.0 Å². The van der Waals surface area contributed by atoms with E-state index in [1.165, 1.54) is 6.07 Å². The zero-order valence-electron chi connectivity index (χ0n) is 12.0. The third-order valence-electron chi connectivity index (χ3n) is 3.71. The Kier molecular flexibility index (Phi) is 4.95. The number of carboxylic acid groups (broad SMARTS) is 1. The number of rotatable bonds is 5. The molecule has 1 aliphatic heterocycles. The van der Waals surface area contributed by atoms with Crippen LogP contribution >= 0.6 is 0 Å². The van der Waals surface area contributed by atoms with Crippen molar-refractivity contribution < 1.29 is 14.6 Å². The Bertz CT molecular complexity index is 462. The van der Waals surface area contributed by atoms with Crippen LogP contribution in [-0.2, 0) is 4.74 Å². The van der Waals surface area contributed by atoms with Crippen molar-refractivity contribution >= 4 is 11.8 Å². The molecular formula is C15H22N2O3. The van der Waals surface area contributed by atoms with E-state index in [-0.39, 0.29) is 5.69 Å². The molecule has 1 aromatic rings. The average molecular weight is 278 g/mol. The van der Waals surface area contributed by atoms with E-state index in [4.69, 9.17) is 9.84 Å². The molecule has 0 spiro atoms. The van der Waals surface area contributed by atoms with Crippen LogP contribution in [0.4, 0.5) is 5.82 Å². The number of aromatic carboxylic acids is 1. The van der Waals surface area contributed by atoms with Crippen LogP contribution < -0.4 is 5.32 Å². The molecule has 0 amide bonds. The van der Waals surface area contributed by atoms with Crippen molar-refractivity contribution in [3.05, 3.63) is 23.9 Å². The summed E-state index contributed by atoms with van der Waals surface area (Å²) in [6.45, 7) is 5.97. The van der Waals surface area contributed by atoms with E-state index in [1.807, 2.05) is 0 Å². The van der Waals surface area contributed by atoms with Gasteiger partial charge in [0.15, 0.2) is 5.69 Å². The molecule has 20 heavy (non-hydrogen) atoms. The summed E-state index contributed by atoms with van der Waals surface area (Å²) in [5.41, 5.74) is 0.0713. The van der Waals surface area contributed by atoms with Crippen LogP contribution in [0.2, 0.25) is 0 Å². The van der Waals surface area contributed by atoms with Gasteiger partial charge in [0.2, 0.25) is 0 Å². The van der Waals surface area contributed by atoms with Crippen LogP contribution in [0.5, 0.6) is 0 Å². The summed E-state index contributed by atoms with van der Waals surface area (Å²) in [6.07, 6.45) is 2.41. The Morgan fingerprint density at radius 1 is 1.55 bits per heavy atom. The first-order chi connectivity index (χ1) is 9.56. The number of anilines is 1. The van der Waals surface area contributed by atoms with Crippen LogP contribution in [0.3, 0.4) is 0 Å². The topological polar surface area (TPSA) is 71.5 Å². The molecule has 110 valence electrons. The minimum atomic E-state index is -1.00. The van der Waals surface area contributed by atoms with Crippen molar-refractivity contribution in [2.45, 2.75) is 32.8 Å². The molecule has 1 fully saturated rings. The first-order valence-corrected chi connectivity index (χ1v) is 7.12. The highest BCUT2D eigenvalue weighted by Gasteiger charge is 2.24. The summed E-state index contributed by atoms with van der Waals surface area (Å²) in [7, 11) is 0. The second-order valence-corrected chi connectivity index (χ2v) is 5.64. The van der Waals surface area contributed by atoms with Gasteiger partial charge in [-0.3, -0.25) is 0 Å². The molecule has 1 saturated heterocycles. The summed E-state index contributed by atoms with van der Waals surface area (Å²) >= 11 is 0. The molecule has 5 nitrogen and oxygen atoms in total. The van der Waals surface area contributed by atoms with Crippen LogP contribution in [0, 0.1) is 11.8 Å². The number of nitrogens with zero attached hydrogens (tertiary/aromatic N) is 1. The maximum atomic E-state index is 10.9. The van der Waals surface area contributed by atoms with E-state index >= 15 is 0 Å². The summed E-state index contributed by atoms with van der Waals surface area (Å²) < 4.78 is 5.75. The highest BCUT2D eigenvalue weighted by Crippen LogP contribution is 2.25. The number of aromatic nitrogens is 1. The lowest BCUT2D eigenvalue weighted by atomic mass is 9.90. The summed E-state index contributed by atoms with van der Waals surface area (Å²) in [5.74, 6) is 0.703. The SMILES string of the molecule is CC(C)C1CC(CNc2cccc(C(=O)O)n2)CCO1. The highest BCUT2D eigenvalue weighted by atomic mass is 16.5. The summed E-state index contributed by atoms with van der Waals surface area (Å²) in [4.78, 5) is 14.9. The zero-order chi connectivity index (χ0) is 14.5. The fourth-order valence-corrected chi connectivity index (χ4v) is 2.45. The zero-order valence-corrected chi connectivity index (χ0v) is 12.0. The van der Waals surface area contributed by atoms with Crippen molar-refractivity contribution in [3.63, 3.8) is 0 Å². The van der Waals surface area contributed by atoms with Crippen LogP contribution in [0.1, 0.15) is 37.2 Å². The molecule has 0 bridgehead atoms. The fourth-order valence-electron chi connectivity index (χ4n) is 2.45. The molecule has 5 heteroatoms. The third-order valence-corrected chi connectivity index (χ3v) is 3.71. The number of ether oxygens (including phenoxy) is 1. The Hall–Kier alpha value is -1.62. The van der Waals surface area contributed by atoms with Gasteiger partial charge in [0.25, 0.3) is 0 Å². The number of carbonyl (C=O) groups is 1. The minimum Gasteiger partial charge on any atom is -0.477 e. The van der Waals surface area contributed by atoms with Crippen molar-refractivity contribution in [3.8, 4) is 0 Å². The van der Waals surface area contributed by atoms with Gasteiger partial charge in [-0.15, -0.1) is 0 Å². The maximum absolute atomic E-state index is 10.9. The van der Waals surface area contributed by atoms with E-state index in [2.05, 4.69) is 24.1 Å². The largest absolute Gasteiger partial charge is 0.477 e. The Morgan fingerprint density at radius 2 is 2.35 bits per heavy atom. The second-order valence-electron chi connectivity index (χ2n) is 5.64. The van der Waals surface area contributed by atoms with Gasteiger partial charge in [0, 0.05) is 13.2 Å². The maximum Gasteiger partial charge on any atom is 0.354 e. The van der Waals surface area contributed by atoms with Crippen LogP contribution in [0.15, 0.2) is 18.2 Å². The fraction of sp³-hybridized carbons (Fsp3) is 0.600. The van der Waals surface area contributed by atoms with Gasteiger partial charge in [-0.05, 0) is 36.8 Å². The predicted molar refractivity (Wildman–Crippen MR) is 77.0 cm³/mol. The molecular weight excluding hydrogens is 256 g/mol. The monoisotopic (exact) mass is 278 g/mol. The first-order valence-electron chi connectivity index (χ1n) is 7.12. The van der Waals surface area contributed by atoms with Gasteiger partial charge in [0.05, 0.1) is 6.10 Å². The Balaban J connectivity index is 1.88. The highest BCUT2D eigenvalue weighted by molar-refractivity contribution is 5.85. The average Bonchev–Trinajstić information content (AvgIpc) is 2.45. The second kappa shape index (κ2) is 6.70. The smallest absolute Gasteiger partial charge is 0.354 e. The number of pyridine rings is 1. The molecule has 1 aliphatic rings. The van der Waals surface area contributed by atoms with Crippen molar-refractivity contribution in [2.24, 2.45) is 11.8 Å². The molecule has 0 aliphatic carbocycles. The van der Waals surface area contributed by atoms with E-state index in [9.17, 15) is 4.79 Å². The molecule has 2 atom stereocenters. The van der Waals surface area contributed by atoms with Gasteiger partial charge in [-0.25, -0.2) is 9.78 Å². The first kappa shape index (κ1) is 14.8. The summed E-state index contributed by atoms with van der Waals surface area (Å²) in [5, 5.41) is 12.2. The van der Waals surface area contributed by atoms with Crippen molar-refractivity contribution in [1.82, 2.24) is 4.98 Å². The van der Waals surface area contributed by atoms with Gasteiger partial charge in [0.1, 0.15) is 5.82 Å². The number of nitrogens with one attached hydrogen (secondary N) is 1.